The molecule has 2 saturated heterocycles. The molecule has 4 N–H and O–H groups in total. The van der Waals surface area contributed by atoms with Crippen molar-refractivity contribution in [2.75, 3.05) is 74.7 Å². The summed E-state index contributed by atoms with van der Waals surface area (Å²) in [7, 11) is 0. The normalized spacial score (nSPS) is 16.5. The first kappa shape index (κ1) is 44.6. The van der Waals surface area contributed by atoms with Gasteiger partial charge in [0.25, 0.3) is 11.5 Å². The molecule has 5 aromatic rings. The lowest BCUT2D eigenvalue weighted by molar-refractivity contribution is -0.137. The number of nitrogens with one attached hydrogen (secondary N) is 3. The molecule has 0 saturated carbocycles. The number of rotatable bonds is 18. The van der Waals surface area contributed by atoms with E-state index in [0.29, 0.717) is 106 Å². The summed E-state index contributed by atoms with van der Waals surface area (Å²) in [6.45, 7) is 12.1. The molecule has 0 spiro atoms. The molecule has 1 unspecified atom stereocenters. The summed E-state index contributed by atoms with van der Waals surface area (Å²) in [6, 6.07) is 17.9. The third-order valence-electron chi connectivity index (χ3n) is 11.7. The summed E-state index contributed by atoms with van der Waals surface area (Å²) in [6.07, 6.45) is 3.91. The Hall–Kier alpha value is -6.96. The maximum Gasteiger partial charge on any atom is 0.278 e. The molecule has 3 aromatic heterocycles. The highest BCUT2D eigenvalue weighted by molar-refractivity contribution is 6.06. The van der Waals surface area contributed by atoms with Gasteiger partial charge in [0.2, 0.25) is 23.7 Å². The molecule has 65 heavy (non-hydrogen) atoms. The van der Waals surface area contributed by atoms with Crippen LogP contribution >= 0.6 is 0 Å². The number of aromatic nitrogens is 5. The molecule has 0 bridgehead atoms. The topological polar surface area (TPSA) is 218 Å². The number of pyridine rings is 1. The number of anilines is 4. The molecule has 2 fully saturated rings. The Morgan fingerprint density at radius 1 is 0.954 bits per heavy atom. The van der Waals surface area contributed by atoms with E-state index in [1.54, 1.807) is 54.9 Å². The molecule has 0 aliphatic carbocycles. The van der Waals surface area contributed by atoms with Crippen molar-refractivity contribution in [1.29, 1.82) is 0 Å². The van der Waals surface area contributed by atoms with Crippen molar-refractivity contribution < 1.29 is 33.8 Å². The van der Waals surface area contributed by atoms with Crippen LogP contribution in [-0.4, -0.2) is 128 Å². The van der Waals surface area contributed by atoms with E-state index in [1.807, 2.05) is 35.2 Å². The fourth-order valence-electron chi connectivity index (χ4n) is 8.24. The second-order valence-corrected chi connectivity index (χ2v) is 16.5. The smallest absolute Gasteiger partial charge is 0.278 e. The van der Waals surface area contributed by atoms with Crippen LogP contribution in [-0.2, 0) is 42.5 Å². The maximum atomic E-state index is 13.4. The zero-order chi connectivity index (χ0) is 45.7. The van der Waals surface area contributed by atoms with E-state index >= 15 is 0 Å². The van der Waals surface area contributed by atoms with Crippen LogP contribution in [0.25, 0.3) is 16.9 Å². The first-order valence-corrected chi connectivity index (χ1v) is 21.7. The molecule has 1 atom stereocenters. The number of fused-ring (bicyclic) bond motifs is 2. The Kier molecular flexibility index (Phi) is 13.3. The Morgan fingerprint density at radius 2 is 1.71 bits per heavy atom. The second-order valence-electron chi connectivity index (χ2n) is 16.5. The van der Waals surface area contributed by atoms with E-state index in [1.165, 1.54) is 15.8 Å². The molecule has 3 aliphatic rings. The van der Waals surface area contributed by atoms with Crippen LogP contribution in [0.1, 0.15) is 54.7 Å². The first-order valence-electron chi connectivity index (χ1n) is 21.7. The first-order chi connectivity index (χ1) is 31.4. The predicted molar refractivity (Wildman–Crippen MR) is 242 cm³/mol. The molecule has 0 radical (unpaired) electrons. The van der Waals surface area contributed by atoms with Gasteiger partial charge in [-0.05, 0) is 68.8 Å². The summed E-state index contributed by atoms with van der Waals surface area (Å²) < 4.78 is 14.5. The van der Waals surface area contributed by atoms with Crippen molar-refractivity contribution in [3.63, 3.8) is 0 Å². The van der Waals surface area contributed by atoms with Gasteiger partial charge >= 0.3 is 0 Å². The average molecular weight is 888 g/mol. The van der Waals surface area contributed by atoms with E-state index in [2.05, 4.69) is 37.4 Å². The number of hydrogen-bond donors (Lipinski definition) is 4. The zero-order valence-electron chi connectivity index (χ0n) is 36.5. The molecule has 4 amide bonds. The van der Waals surface area contributed by atoms with Gasteiger partial charge in [-0.3, -0.25) is 29.3 Å². The number of aliphatic hydroxyl groups is 1. The third-order valence-corrected chi connectivity index (χ3v) is 11.7. The number of allylic oxidation sites excluding steroid dienone is 1. The molecular formula is C46H53N11O8. The Labute approximate surface area is 375 Å². The standard InChI is InChI=1S/C46H53N11O8/c1-4-19-56-44(62)33-28-48-45(52-41(33)57(56)38-10-6-9-37(50-38)46(2,3)63)49-30-11-13-31(14-12-30)53-20-22-54(23-21-53)40(59)17-24-64-26-27-65-25-18-47-35-8-5-7-32-34(35)29-55(43(32)61)36-15-16-39(58)51-42(36)60/h4-14,28,36,47,63H,1,15-27,29H2,2-3H3,(H,48,49,52)(H,51,58,60). The minimum atomic E-state index is -1.19. The van der Waals surface area contributed by atoms with Gasteiger partial charge in [0, 0.05) is 80.1 Å². The number of benzene rings is 2. The summed E-state index contributed by atoms with van der Waals surface area (Å²) in [5.41, 5.74) is 3.26. The van der Waals surface area contributed by atoms with E-state index in [-0.39, 0.29) is 42.7 Å². The maximum absolute atomic E-state index is 13.4. The third kappa shape index (κ3) is 9.91. The number of ether oxygens (including phenoxy) is 2. The molecule has 19 nitrogen and oxygen atoms in total. The molecule has 340 valence electrons. The average Bonchev–Trinajstić information content (AvgIpc) is 3.78. The molecule has 3 aliphatic heterocycles. The van der Waals surface area contributed by atoms with Crippen molar-refractivity contribution in [3.05, 3.63) is 107 Å². The van der Waals surface area contributed by atoms with Gasteiger partial charge in [-0.15, -0.1) is 6.58 Å². The highest BCUT2D eigenvalue weighted by atomic mass is 16.5. The zero-order valence-corrected chi connectivity index (χ0v) is 36.5. The fraction of sp³-hybridized carbons (Fsp3) is 0.391. The number of hydrogen-bond acceptors (Lipinski definition) is 14. The van der Waals surface area contributed by atoms with E-state index in [4.69, 9.17) is 14.5 Å². The lowest BCUT2D eigenvalue weighted by Gasteiger charge is -2.36. The lowest BCUT2D eigenvalue weighted by atomic mass is 10.0. The molecule has 2 aromatic carbocycles. The molecule has 19 heteroatoms. The van der Waals surface area contributed by atoms with E-state index in [0.717, 1.165) is 22.6 Å². The number of nitrogens with zero attached hydrogens (tertiary/aromatic N) is 8. The van der Waals surface area contributed by atoms with Crippen LogP contribution in [0.3, 0.4) is 0 Å². The van der Waals surface area contributed by atoms with Gasteiger partial charge in [-0.25, -0.2) is 19.3 Å². The SMILES string of the molecule is C=CCn1c(=O)c2cnc(Nc3ccc(N4CCN(C(=O)CCOCCOCCNc5cccc6c5CN(C5CCC(=O)NC5=O)C6=O)CC4)cc3)nc2n1-c1cccc(C(C)(C)O)n1. The molecule has 8 rings (SSSR count). The highest BCUT2D eigenvalue weighted by Gasteiger charge is 2.40. The van der Waals surface area contributed by atoms with Crippen molar-refractivity contribution >= 4 is 57.7 Å². The van der Waals surface area contributed by atoms with Crippen LogP contribution in [0.2, 0.25) is 0 Å². The summed E-state index contributed by atoms with van der Waals surface area (Å²) in [5.74, 6) is -0.214. The summed E-state index contributed by atoms with van der Waals surface area (Å²) in [4.78, 5) is 82.8. The van der Waals surface area contributed by atoms with Crippen molar-refractivity contribution in [2.24, 2.45) is 0 Å². The summed E-state index contributed by atoms with van der Waals surface area (Å²) in [5, 5.41) is 19.8. The minimum Gasteiger partial charge on any atom is -0.384 e. The van der Waals surface area contributed by atoms with Gasteiger partial charge in [0.15, 0.2) is 11.5 Å². The Morgan fingerprint density at radius 3 is 2.45 bits per heavy atom. The quantitative estimate of drug-likeness (QED) is 0.0565. The van der Waals surface area contributed by atoms with Crippen molar-refractivity contribution in [3.8, 4) is 5.82 Å². The van der Waals surface area contributed by atoms with Crippen LogP contribution in [0.4, 0.5) is 23.0 Å². The minimum absolute atomic E-state index is 0.0438. The number of imide groups is 1. The second kappa shape index (κ2) is 19.4. The Bertz CT molecular complexity index is 2650. The fourth-order valence-corrected chi connectivity index (χ4v) is 8.24. The monoisotopic (exact) mass is 887 g/mol. The lowest BCUT2D eigenvalue weighted by Crippen LogP contribution is -2.52. The van der Waals surface area contributed by atoms with Gasteiger partial charge < -0.3 is 39.9 Å². The largest absolute Gasteiger partial charge is 0.384 e. The number of carbonyl (C=O) groups is 4. The van der Waals surface area contributed by atoms with Gasteiger partial charge in [-0.1, -0.05) is 18.2 Å². The Balaban J connectivity index is 0.745. The van der Waals surface area contributed by atoms with Crippen molar-refractivity contribution in [2.45, 2.75) is 57.8 Å². The molecular weight excluding hydrogens is 835 g/mol. The summed E-state index contributed by atoms with van der Waals surface area (Å²) >= 11 is 0. The molecule has 6 heterocycles. The van der Waals surface area contributed by atoms with Gasteiger partial charge in [0.1, 0.15) is 17.0 Å². The number of amides is 4. The van der Waals surface area contributed by atoms with Gasteiger partial charge in [-0.2, -0.15) is 4.98 Å². The van der Waals surface area contributed by atoms with Crippen LogP contribution < -0.4 is 26.4 Å². The van der Waals surface area contributed by atoms with Crippen LogP contribution in [0.15, 0.2) is 84.3 Å². The number of carbonyl (C=O) groups excluding carboxylic acids is 4. The van der Waals surface area contributed by atoms with Crippen molar-refractivity contribution in [1.82, 2.24) is 39.4 Å². The predicted octanol–water partition coefficient (Wildman–Crippen LogP) is 3.08. The highest BCUT2D eigenvalue weighted by Crippen LogP contribution is 2.32. The van der Waals surface area contributed by atoms with Crippen LogP contribution in [0.5, 0.6) is 0 Å². The number of piperazine rings is 1. The van der Waals surface area contributed by atoms with E-state index < -0.39 is 17.6 Å². The van der Waals surface area contributed by atoms with Gasteiger partial charge in [0.05, 0.1) is 45.1 Å². The van der Waals surface area contributed by atoms with E-state index in [9.17, 15) is 29.1 Å². The van der Waals surface area contributed by atoms with Crippen LogP contribution in [0, 0.1) is 0 Å². The number of piperidine rings is 1.